The normalized spacial score (nSPS) is 16.4. The third kappa shape index (κ3) is 6.85. The van der Waals surface area contributed by atoms with Crippen LogP contribution < -0.4 is 5.73 Å². The molecule has 2 N–H and O–H groups in total. The van der Waals surface area contributed by atoms with Gasteiger partial charge in [0, 0.05) is 17.2 Å². The second kappa shape index (κ2) is 10.1. The average molecular weight is 414 g/mol. The van der Waals surface area contributed by atoms with E-state index < -0.39 is 5.60 Å². The smallest absolute Gasteiger partial charge is 0.307 e. The first kappa shape index (κ1) is 22.3. The predicted octanol–water partition coefficient (Wildman–Crippen LogP) is 5.88. The molecule has 2 aromatic rings. The Morgan fingerprint density at radius 2 is 1.90 bits per heavy atom. The topological polar surface area (TPSA) is 91.2 Å². The van der Waals surface area contributed by atoms with Gasteiger partial charge in [-0.3, -0.25) is 4.79 Å². The van der Waals surface area contributed by atoms with Crippen molar-refractivity contribution in [3.8, 4) is 11.4 Å². The Kier molecular flexibility index (Phi) is 7.51. The minimum atomic E-state index is -0.506. The molecule has 1 saturated carbocycles. The summed E-state index contributed by atoms with van der Waals surface area (Å²) in [5.41, 5.74) is 6.79. The number of nitrogen functional groups attached to an aromatic ring is 1. The van der Waals surface area contributed by atoms with Crippen molar-refractivity contribution in [2.75, 3.05) is 5.73 Å². The number of carbonyl (C=O) groups is 1. The highest BCUT2D eigenvalue weighted by atomic mass is 16.6. The van der Waals surface area contributed by atoms with E-state index in [-0.39, 0.29) is 18.3 Å². The van der Waals surface area contributed by atoms with E-state index in [0.29, 0.717) is 17.4 Å². The van der Waals surface area contributed by atoms with Crippen LogP contribution in [0, 0.1) is 5.92 Å². The lowest BCUT2D eigenvalue weighted by molar-refractivity contribution is -0.155. The van der Waals surface area contributed by atoms with Crippen molar-refractivity contribution in [2.45, 2.75) is 90.1 Å². The number of anilines is 1. The number of carbonyl (C=O) groups excluding carboxylic acids is 1. The lowest BCUT2D eigenvalue weighted by Gasteiger charge is -2.23. The summed E-state index contributed by atoms with van der Waals surface area (Å²) in [5.74, 6) is 1.49. The summed E-state index contributed by atoms with van der Waals surface area (Å²) in [6.45, 7) is 5.65. The van der Waals surface area contributed by atoms with Crippen molar-refractivity contribution in [3.05, 3.63) is 30.2 Å². The maximum absolute atomic E-state index is 12.5. The van der Waals surface area contributed by atoms with Crippen molar-refractivity contribution in [3.63, 3.8) is 0 Å². The summed E-state index contributed by atoms with van der Waals surface area (Å²) in [5, 5.41) is 4.14. The van der Waals surface area contributed by atoms with Crippen LogP contribution in [0.4, 0.5) is 5.69 Å². The largest absolute Gasteiger partial charge is 0.460 e. The van der Waals surface area contributed by atoms with Crippen molar-refractivity contribution in [2.24, 2.45) is 5.92 Å². The molecule has 0 bridgehead atoms. The van der Waals surface area contributed by atoms with Gasteiger partial charge in [0.15, 0.2) is 0 Å². The van der Waals surface area contributed by atoms with Crippen LogP contribution in [-0.4, -0.2) is 21.7 Å². The molecule has 6 nitrogen and oxygen atoms in total. The standard InChI is InChI=1S/C24H35N3O3/c1-24(2,3)29-21(28)16-19(11-7-10-17-8-5-4-6-9-17)23-26-22(27-30-23)18-12-14-20(25)15-13-18/h12-15,17,19H,4-11,16,25H2,1-3H3/t19-/m1/s1. The lowest BCUT2D eigenvalue weighted by Crippen LogP contribution is -2.25. The van der Waals surface area contributed by atoms with Gasteiger partial charge in [0.25, 0.3) is 0 Å². The van der Waals surface area contributed by atoms with Gasteiger partial charge in [-0.25, -0.2) is 0 Å². The van der Waals surface area contributed by atoms with E-state index >= 15 is 0 Å². The molecule has 6 heteroatoms. The lowest BCUT2D eigenvalue weighted by atomic mass is 9.84. The van der Waals surface area contributed by atoms with Gasteiger partial charge < -0.3 is 15.0 Å². The molecule has 1 heterocycles. The minimum Gasteiger partial charge on any atom is -0.460 e. The van der Waals surface area contributed by atoms with Gasteiger partial charge in [0.2, 0.25) is 11.7 Å². The van der Waals surface area contributed by atoms with Crippen LogP contribution >= 0.6 is 0 Å². The number of ether oxygens (including phenoxy) is 1. The molecule has 0 amide bonds. The number of aromatic nitrogens is 2. The molecular weight excluding hydrogens is 378 g/mol. The van der Waals surface area contributed by atoms with Crippen molar-refractivity contribution < 1.29 is 14.1 Å². The van der Waals surface area contributed by atoms with Crippen LogP contribution in [0.25, 0.3) is 11.4 Å². The van der Waals surface area contributed by atoms with Crippen molar-refractivity contribution in [1.82, 2.24) is 10.1 Å². The molecule has 0 unspecified atom stereocenters. The van der Waals surface area contributed by atoms with Gasteiger partial charge in [-0.2, -0.15) is 4.98 Å². The first-order valence-corrected chi connectivity index (χ1v) is 11.2. The molecule has 1 aromatic carbocycles. The number of rotatable bonds is 8. The first-order chi connectivity index (χ1) is 14.3. The van der Waals surface area contributed by atoms with Crippen LogP contribution in [0.1, 0.15) is 90.4 Å². The quantitative estimate of drug-likeness (QED) is 0.429. The van der Waals surface area contributed by atoms with E-state index in [2.05, 4.69) is 10.1 Å². The second-order valence-corrected chi connectivity index (χ2v) is 9.50. The number of hydrogen-bond acceptors (Lipinski definition) is 6. The van der Waals surface area contributed by atoms with Gasteiger partial charge in [-0.1, -0.05) is 50.1 Å². The Balaban J connectivity index is 1.67. The highest BCUT2D eigenvalue weighted by Crippen LogP contribution is 2.32. The molecule has 0 radical (unpaired) electrons. The van der Waals surface area contributed by atoms with Gasteiger partial charge in [-0.15, -0.1) is 0 Å². The fourth-order valence-corrected chi connectivity index (χ4v) is 4.18. The molecule has 1 aliphatic carbocycles. The van der Waals surface area contributed by atoms with Gasteiger partial charge in [0.1, 0.15) is 5.60 Å². The van der Waals surface area contributed by atoms with Gasteiger partial charge in [-0.05, 0) is 57.4 Å². The first-order valence-electron chi connectivity index (χ1n) is 11.2. The summed E-state index contributed by atoms with van der Waals surface area (Å²) >= 11 is 0. The maximum atomic E-state index is 12.5. The zero-order valence-corrected chi connectivity index (χ0v) is 18.5. The van der Waals surface area contributed by atoms with Gasteiger partial charge >= 0.3 is 5.97 Å². The number of nitrogens with zero attached hydrogens (tertiary/aromatic N) is 2. The van der Waals surface area contributed by atoms with E-state index in [0.717, 1.165) is 24.3 Å². The van der Waals surface area contributed by atoms with E-state index in [1.54, 1.807) is 0 Å². The zero-order chi connectivity index (χ0) is 21.6. The summed E-state index contributed by atoms with van der Waals surface area (Å²) in [4.78, 5) is 17.1. The number of nitrogens with two attached hydrogens (primary N) is 1. The molecule has 0 spiro atoms. The molecule has 0 aliphatic heterocycles. The zero-order valence-electron chi connectivity index (χ0n) is 18.5. The van der Waals surface area contributed by atoms with E-state index in [1.807, 2.05) is 45.0 Å². The van der Waals surface area contributed by atoms with Crippen LogP contribution in [-0.2, 0) is 9.53 Å². The number of benzene rings is 1. The summed E-state index contributed by atoms with van der Waals surface area (Å²) < 4.78 is 11.1. The molecule has 3 rings (SSSR count). The highest BCUT2D eigenvalue weighted by Gasteiger charge is 2.26. The molecular formula is C24H35N3O3. The van der Waals surface area contributed by atoms with Crippen molar-refractivity contribution in [1.29, 1.82) is 0 Å². The summed E-state index contributed by atoms with van der Waals surface area (Å²) in [6, 6.07) is 7.37. The molecule has 1 fully saturated rings. The SMILES string of the molecule is CC(C)(C)OC(=O)C[C@@H](CCCC1CCCCC1)c1nc(-c2ccc(N)cc2)no1. The third-order valence-corrected chi connectivity index (χ3v) is 5.68. The summed E-state index contributed by atoms with van der Waals surface area (Å²) in [6.07, 6.45) is 10.1. The Morgan fingerprint density at radius 3 is 2.57 bits per heavy atom. The van der Waals surface area contributed by atoms with Gasteiger partial charge in [0.05, 0.1) is 6.42 Å². The molecule has 30 heavy (non-hydrogen) atoms. The Morgan fingerprint density at radius 1 is 1.20 bits per heavy atom. The minimum absolute atomic E-state index is 0.126. The van der Waals surface area contributed by atoms with Crippen LogP contribution in [0.15, 0.2) is 28.8 Å². The summed E-state index contributed by atoms with van der Waals surface area (Å²) in [7, 11) is 0. The number of hydrogen-bond donors (Lipinski definition) is 1. The monoisotopic (exact) mass is 413 g/mol. The fourth-order valence-electron chi connectivity index (χ4n) is 4.18. The maximum Gasteiger partial charge on any atom is 0.307 e. The molecule has 164 valence electrons. The predicted molar refractivity (Wildman–Crippen MR) is 118 cm³/mol. The van der Waals surface area contributed by atoms with E-state index in [1.165, 1.54) is 38.5 Å². The van der Waals surface area contributed by atoms with Crippen LogP contribution in [0.3, 0.4) is 0 Å². The van der Waals surface area contributed by atoms with Crippen LogP contribution in [0.5, 0.6) is 0 Å². The molecule has 1 aliphatic rings. The Labute approximate surface area is 179 Å². The Bertz CT molecular complexity index is 802. The van der Waals surface area contributed by atoms with Crippen molar-refractivity contribution >= 4 is 11.7 Å². The van der Waals surface area contributed by atoms with E-state index in [9.17, 15) is 4.79 Å². The molecule has 1 atom stereocenters. The molecule has 1 aromatic heterocycles. The average Bonchev–Trinajstić information content (AvgIpc) is 3.17. The highest BCUT2D eigenvalue weighted by molar-refractivity contribution is 5.70. The Hall–Kier alpha value is -2.37. The third-order valence-electron chi connectivity index (χ3n) is 5.68. The molecule has 0 saturated heterocycles. The number of esters is 1. The second-order valence-electron chi connectivity index (χ2n) is 9.50. The van der Waals surface area contributed by atoms with Crippen LogP contribution in [0.2, 0.25) is 0 Å². The van der Waals surface area contributed by atoms with E-state index in [4.69, 9.17) is 15.0 Å². The fraction of sp³-hybridized carbons (Fsp3) is 0.625.